The van der Waals surface area contributed by atoms with E-state index >= 15 is 0 Å². The van der Waals surface area contributed by atoms with E-state index in [4.69, 9.17) is 4.74 Å². The molecule has 6 aromatic rings. The molecule has 0 atom stereocenters. The standard InChI is InChI=1S/C40H28Br2N4O5S2/c41-27-14-16-32(45-37(47)34-12-7-13-36(44-34)53-24-26-10-5-2-6-11-26)30(20-27)39(49)51-40(50)31-21-28(42)15-17-33(31)46-38(48)35-22-29(18-19-43-35)52-23-25-8-3-1-4-9-25/h1-22H,23-24H2,(H,45,47)(H,46,48). The van der Waals surface area contributed by atoms with Crippen LogP contribution in [0.5, 0.6) is 0 Å². The third kappa shape index (κ3) is 10.5. The number of thioether (sulfide) groups is 2. The Morgan fingerprint density at radius 2 is 1.13 bits per heavy atom. The molecular weight excluding hydrogens is 840 g/mol. The van der Waals surface area contributed by atoms with Crippen molar-refractivity contribution in [1.82, 2.24) is 9.97 Å². The first-order valence-electron chi connectivity index (χ1n) is 16.0. The molecule has 9 nitrogen and oxygen atoms in total. The number of ether oxygens (including phenoxy) is 1. The molecule has 0 unspecified atom stereocenters. The largest absolute Gasteiger partial charge is 0.386 e. The molecule has 264 valence electrons. The Bertz CT molecular complexity index is 2130. The van der Waals surface area contributed by atoms with Crippen molar-refractivity contribution < 1.29 is 23.9 Å². The number of aromatic nitrogens is 2. The number of nitrogens with zero attached hydrogens (tertiary/aromatic N) is 2. The van der Waals surface area contributed by atoms with Crippen LogP contribution >= 0.6 is 55.4 Å². The molecule has 2 heterocycles. The fourth-order valence-corrected chi connectivity index (χ4v) is 7.32. The summed E-state index contributed by atoms with van der Waals surface area (Å²) in [5, 5.41) is 6.10. The van der Waals surface area contributed by atoms with Crippen LogP contribution in [-0.4, -0.2) is 33.7 Å². The average Bonchev–Trinajstić information content (AvgIpc) is 3.18. The lowest BCUT2D eigenvalue weighted by Crippen LogP contribution is -2.20. The second kappa shape index (κ2) is 18.1. The topological polar surface area (TPSA) is 127 Å². The number of hydrogen-bond donors (Lipinski definition) is 2. The molecule has 6 rings (SSSR count). The fourth-order valence-electron chi connectivity index (χ4n) is 4.87. The second-order valence-electron chi connectivity index (χ2n) is 11.3. The lowest BCUT2D eigenvalue weighted by atomic mass is 10.1. The average molecular weight is 869 g/mol. The highest BCUT2D eigenvalue weighted by Crippen LogP contribution is 2.28. The molecule has 13 heteroatoms. The zero-order valence-electron chi connectivity index (χ0n) is 27.6. The maximum absolute atomic E-state index is 13.5. The Kier molecular flexibility index (Phi) is 12.9. The van der Waals surface area contributed by atoms with E-state index in [0.29, 0.717) is 25.5 Å². The van der Waals surface area contributed by atoms with Gasteiger partial charge < -0.3 is 15.4 Å². The van der Waals surface area contributed by atoms with E-state index in [-0.39, 0.29) is 33.9 Å². The molecular formula is C40H28Br2N4O5S2. The first-order valence-corrected chi connectivity index (χ1v) is 19.5. The van der Waals surface area contributed by atoms with E-state index in [2.05, 4.69) is 52.5 Å². The van der Waals surface area contributed by atoms with Crippen molar-refractivity contribution in [3.8, 4) is 0 Å². The number of anilines is 2. The van der Waals surface area contributed by atoms with E-state index in [0.717, 1.165) is 16.0 Å². The summed E-state index contributed by atoms with van der Waals surface area (Å²) in [6, 6.07) is 37.6. The van der Waals surface area contributed by atoms with Crippen LogP contribution in [0.2, 0.25) is 0 Å². The third-order valence-corrected chi connectivity index (χ3v) is 10.5. The lowest BCUT2D eigenvalue weighted by Gasteiger charge is -2.13. The number of esters is 2. The Hall–Kier alpha value is -5.08. The predicted molar refractivity (Wildman–Crippen MR) is 214 cm³/mol. The summed E-state index contributed by atoms with van der Waals surface area (Å²) in [7, 11) is 0. The Morgan fingerprint density at radius 1 is 0.585 bits per heavy atom. The molecule has 0 radical (unpaired) electrons. The first kappa shape index (κ1) is 37.7. The molecule has 2 N–H and O–H groups in total. The molecule has 4 aromatic carbocycles. The Labute approximate surface area is 330 Å². The van der Waals surface area contributed by atoms with Gasteiger partial charge in [-0.05, 0) is 71.8 Å². The maximum atomic E-state index is 13.5. The van der Waals surface area contributed by atoms with E-state index < -0.39 is 23.8 Å². The molecule has 0 aliphatic rings. The summed E-state index contributed by atoms with van der Waals surface area (Å²) in [4.78, 5) is 63.1. The SMILES string of the molecule is O=C(Nc1ccc(Br)cc1C(=O)OC(=O)c1cc(Br)ccc1NC(=O)c1cccc(SCc2ccccc2)n1)c1cc(SCc2ccccc2)ccn1. The number of nitrogens with one attached hydrogen (secondary N) is 2. The number of amides is 2. The lowest BCUT2D eigenvalue weighted by molar-refractivity contribution is 0.0399. The summed E-state index contributed by atoms with van der Waals surface area (Å²) < 4.78 is 6.34. The van der Waals surface area contributed by atoms with Crippen LogP contribution in [0.4, 0.5) is 11.4 Å². The number of hydrogen-bond acceptors (Lipinski definition) is 9. The van der Waals surface area contributed by atoms with E-state index in [1.54, 1.807) is 48.3 Å². The summed E-state index contributed by atoms with van der Waals surface area (Å²) in [6.07, 6.45) is 1.55. The monoisotopic (exact) mass is 866 g/mol. The normalized spacial score (nSPS) is 10.7. The second-order valence-corrected chi connectivity index (χ2v) is 15.1. The number of benzene rings is 4. The minimum Gasteiger partial charge on any atom is -0.386 e. The predicted octanol–water partition coefficient (Wildman–Crippen LogP) is 10.1. The van der Waals surface area contributed by atoms with E-state index in [1.165, 1.54) is 36.0 Å². The molecule has 0 aliphatic heterocycles. The number of carbonyl (C=O) groups excluding carboxylic acids is 4. The fraction of sp³-hybridized carbons (Fsp3) is 0.0500. The highest BCUT2D eigenvalue weighted by Gasteiger charge is 2.24. The van der Waals surface area contributed by atoms with E-state index in [9.17, 15) is 19.2 Å². The number of carbonyl (C=O) groups is 4. The van der Waals surface area contributed by atoms with Crippen LogP contribution in [0.25, 0.3) is 0 Å². The number of halogens is 2. The smallest absolute Gasteiger partial charge is 0.348 e. The third-order valence-electron chi connectivity index (χ3n) is 7.48. The van der Waals surface area contributed by atoms with Crippen molar-refractivity contribution in [3.05, 3.63) is 176 Å². The molecule has 0 fully saturated rings. The quantitative estimate of drug-likeness (QED) is 0.0702. The zero-order chi connectivity index (χ0) is 37.2. The summed E-state index contributed by atoms with van der Waals surface area (Å²) in [5.74, 6) is -1.75. The molecule has 2 aromatic heterocycles. The molecule has 0 aliphatic carbocycles. The summed E-state index contributed by atoms with van der Waals surface area (Å²) in [5.41, 5.74) is 2.61. The highest BCUT2D eigenvalue weighted by molar-refractivity contribution is 9.10. The molecule has 0 saturated heterocycles. The van der Waals surface area contributed by atoms with E-state index in [1.807, 2.05) is 72.8 Å². The van der Waals surface area contributed by atoms with Crippen molar-refractivity contribution in [2.75, 3.05) is 10.6 Å². The Balaban J connectivity index is 1.14. The van der Waals surface area contributed by atoms with Gasteiger partial charge in [0, 0.05) is 31.5 Å². The molecule has 53 heavy (non-hydrogen) atoms. The van der Waals surface area contributed by atoms with Gasteiger partial charge in [0.05, 0.1) is 27.5 Å². The molecule has 2 amide bonds. The minimum absolute atomic E-state index is 0.0784. The van der Waals surface area contributed by atoms with Gasteiger partial charge >= 0.3 is 11.9 Å². The summed E-state index contributed by atoms with van der Waals surface area (Å²) in [6.45, 7) is 0. The van der Waals surface area contributed by atoms with Gasteiger partial charge in [-0.3, -0.25) is 14.6 Å². The summed E-state index contributed by atoms with van der Waals surface area (Å²) >= 11 is 9.75. The Morgan fingerprint density at radius 3 is 1.72 bits per heavy atom. The molecule has 0 saturated carbocycles. The highest BCUT2D eigenvalue weighted by atomic mass is 79.9. The zero-order valence-corrected chi connectivity index (χ0v) is 32.4. The van der Waals surface area contributed by atoms with Gasteiger partial charge in [-0.1, -0.05) is 98.6 Å². The number of pyridine rings is 2. The minimum atomic E-state index is -1.02. The van der Waals surface area contributed by atoms with Gasteiger partial charge in [-0.15, -0.1) is 23.5 Å². The van der Waals surface area contributed by atoms with Crippen molar-refractivity contribution in [2.24, 2.45) is 0 Å². The molecule has 0 bridgehead atoms. The van der Waals surface area contributed by atoms with Crippen LogP contribution in [0, 0.1) is 0 Å². The van der Waals surface area contributed by atoms with Gasteiger partial charge in [-0.2, -0.15) is 0 Å². The van der Waals surface area contributed by atoms with Crippen LogP contribution in [0.3, 0.4) is 0 Å². The molecule has 0 spiro atoms. The maximum Gasteiger partial charge on any atom is 0.348 e. The van der Waals surface area contributed by atoms with Crippen LogP contribution in [0.1, 0.15) is 52.8 Å². The van der Waals surface area contributed by atoms with Gasteiger partial charge in [-0.25, -0.2) is 14.6 Å². The van der Waals surface area contributed by atoms with Crippen LogP contribution < -0.4 is 10.6 Å². The van der Waals surface area contributed by atoms with Gasteiger partial charge in [0.25, 0.3) is 11.8 Å². The van der Waals surface area contributed by atoms with Crippen molar-refractivity contribution >= 4 is 90.5 Å². The van der Waals surface area contributed by atoms with Crippen molar-refractivity contribution in [1.29, 1.82) is 0 Å². The van der Waals surface area contributed by atoms with Crippen LogP contribution in [-0.2, 0) is 16.2 Å². The van der Waals surface area contributed by atoms with Crippen molar-refractivity contribution in [2.45, 2.75) is 21.4 Å². The van der Waals surface area contributed by atoms with Crippen molar-refractivity contribution in [3.63, 3.8) is 0 Å². The first-order chi connectivity index (χ1) is 25.7. The van der Waals surface area contributed by atoms with Crippen LogP contribution in [0.15, 0.2) is 152 Å². The van der Waals surface area contributed by atoms with Gasteiger partial charge in [0.15, 0.2) is 0 Å². The van der Waals surface area contributed by atoms with Gasteiger partial charge in [0.2, 0.25) is 0 Å². The number of rotatable bonds is 12. The van der Waals surface area contributed by atoms with Gasteiger partial charge in [0.1, 0.15) is 11.4 Å².